The van der Waals surface area contributed by atoms with Gasteiger partial charge >= 0.3 is 0 Å². The highest BCUT2D eigenvalue weighted by Crippen LogP contribution is 2.20. The zero-order chi connectivity index (χ0) is 7.68. The van der Waals surface area contributed by atoms with Gasteiger partial charge in [0, 0.05) is 0 Å². The Morgan fingerprint density at radius 2 is 2.18 bits per heavy atom. The number of thiazole rings is 1. The van der Waals surface area contributed by atoms with E-state index in [1.165, 1.54) is 4.70 Å². The molecule has 56 valence electrons. The van der Waals surface area contributed by atoms with Gasteiger partial charge in [-0.2, -0.15) is 0 Å². The quantitative estimate of drug-likeness (QED) is 0.674. The first kappa shape index (κ1) is 6.76. The molecule has 1 aromatic heterocycles. The summed E-state index contributed by atoms with van der Waals surface area (Å²) in [5, 5.41) is 1.12. The second-order valence-corrected chi connectivity index (χ2v) is 3.44. The highest BCUT2D eigenvalue weighted by atomic mass is 32.1. The molecule has 0 saturated carbocycles. The van der Waals surface area contributed by atoms with E-state index >= 15 is 0 Å². The molecule has 1 aromatic carbocycles. The summed E-state index contributed by atoms with van der Waals surface area (Å²) in [6, 6.07) is 8.17. The predicted octanol–water partition coefficient (Wildman–Crippen LogP) is 1.04. The molecule has 11 heavy (non-hydrogen) atoms. The van der Waals surface area contributed by atoms with E-state index in [1.807, 2.05) is 18.2 Å². The first-order valence-corrected chi connectivity index (χ1v) is 4.35. The Hall–Kier alpha value is -0.930. The van der Waals surface area contributed by atoms with Crippen molar-refractivity contribution in [2.75, 3.05) is 0 Å². The van der Waals surface area contributed by atoms with Gasteiger partial charge in [0.15, 0.2) is 0 Å². The molecule has 0 aliphatic heterocycles. The maximum Gasteiger partial charge on any atom is 0.148 e. The number of hydrogen-bond acceptors (Lipinski definition) is 2. The fourth-order valence-electron chi connectivity index (χ4n) is 1.03. The fourth-order valence-corrected chi connectivity index (χ4v) is 1.89. The number of benzene rings is 1. The topological polar surface area (TPSA) is 40.5 Å². The van der Waals surface area contributed by atoms with E-state index in [-0.39, 0.29) is 0 Å². The van der Waals surface area contributed by atoms with Crippen LogP contribution < -0.4 is 5.73 Å². The third-order valence-corrected chi connectivity index (χ3v) is 2.65. The molecule has 1 heterocycles. The summed E-state index contributed by atoms with van der Waals surface area (Å²) < 4.78 is 1.26. The highest BCUT2D eigenvalue weighted by molar-refractivity contribution is 7.18. The summed E-state index contributed by atoms with van der Waals surface area (Å²) >= 11 is 1.72. The smallest absolute Gasteiger partial charge is 0.148 e. The molecule has 0 spiro atoms. The van der Waals surface area contributed by atoms with Gasteiger partial charge in [0.25, 0.3) is 0 Å². The van der Waals surface area contributed by atoms with E-state index in [2.05, 4.69) is 16.8 Å². The minimum Gasteiger partial charge on any atom is -0.352 e. The number of para-hydroxylation sites is 1. The van der Waals surface area contributed by atoms with E-state index in [1.54, 1.807) is 11.3 Å². The van der Waals surface area contributed by atoms with Crippen molar-refractivity contribution in [2.45, 2.75) is 6.54 Å². The summed E-state index contributed by atoms with van der Waals surface area (Å²) in [5.74, 6) is 0. The summed E-state index contributed by atoms with van der Waals surface area (Å²) in [6.07, 6.45) is 0. The Labute approximate surface area is 68.7 Å². The molecule has 2 nitrogen and oxygen atoms in total. The van der Waals surface area contributed by atoms with Gasteiger partial charge in [-0.3, -0.25) is 0 Å². The van der Waals surface area contributed by atoms with E-state index < -0.39 is 0 Å². The molecular weight excluding hydrogens is 156 g/mol. The second kappa shape index (κ2) is 2.60. The minimum atomic E-state index is 0.791. The van der Waals surface area contributed by atoms with Crippen LogP contribution in [-0.2, 0) is 6.54 Å². The van der Waals surface area contributed by atoms with Crippen molar-refractivity contribution in [3.05, 3.63) is 29.3 Å². The zero-order valence-electron chi connectivity index (χ0n) is 6.08. The maximum atomic E-state index is 4.39. The summed E-state index contributed by atoms with van der Waals surface area (Å²) in [4.78, 5) is 4.39. The van der Waals surface area contributed by atoms with Crippen LogP contribution >= 0.6 is 11.3 Å². The SMILES string of the molecule is [NH3+]Cc1nc2ccccc2s1. The Morgan fingerprint density at radius 3 is 2.91 bits per heavy atom. The van der Waals surface area contributed by atoms with E-state index in [0.717, 1.165) is 17.1 Å². The van der Waals surface area contributed by atoms with Crippen LogP contribution in [0.4, 0.5) is 0 Å². The van der Waals surface area contributed by atoms with Gasteiger partial charge in [-0.1, -0.05) is 12.1 Å². The molecule has 0 saturated heterocycles. The van der Waals surface area contributed by atoms with Crippen molar-refractivity contribution < 1.29 is 5.73 Å². The van der Waals surface area contributed by atoms with Crippen molar-refractivity contribution in [3.8, 4) is 0 Å². The lowest BCUT2D eigenvalue weighted by atomic mass is 10.3. The average Bonchev–Trinajstić information content (AvgIpc) is 2.46. The fraction of sp³-hybridized carbons (Fsp3) is 0.125. The monoisotopic (exact) mass is 165 g/mol. The van der Waals surface area contributed by atoms with Crippen molar-refractivity contribution in [1.82, 2.24) is 4.98 Å². The van der Waals surface area contributed by atoms with Crippen LogP contribution in [0.3, 0.4) is 0 Å². The minimum absolute atomic E-state index is 0.791. The van der Waals surface area contributed by atoms with Gasteiger partial charge < -0.3 is 5.73 Å². The van der Waals surface area contributed by atoms with Crippen LogP contribution in [0.25, 0.3) is 10.2 Å². The Morgan fingerprint density at radius 1 is 1.36 bits per heavy atom. The van der Waals surface area contributed by atoms with E-state index in [0.29, 0.717) is 0 Å². The number of hydrogen-bond donors (Lipinski definition) is 1. The van der Waals surface area contributed by atoms with E-state index in [4.69, 9.17) is 0 Å². The standard InChI is InChI=1S/C8H8N2S/c9-5-8-10-6-3-1-2-4-7(6)11-8/h1-4H,5,9H2/p+1. The number of nitrogens with zero attached hydrogens (tertiary/aromatic N) is 1. The van der Waals surface area contributed by atoms with Crippen molar-refractivity contribution in [2.24, 2.45) is 0 Å². The van der Waals surface area contributed by atoms with Crippen LogP contribution in [0.1, 0.15) is 5.01 Å². The van der Waals surface area contributed by atoms with Crippen molar-refractivity contribution in [3.63, 3.8) is 0 Å². The maximum absolute atomic E-state index is 4.39. The molecule has 0 aliphatic rings. The molecule has 0 radical (unpaired) electrons. The number of quaternary nitrogens is 1. The number of rotatable bonds is 1. The number of aromatic nitrogens is 1. The first-order chi connectivity index (χ1) is 5.40. The van der Waals surface area contributed by atoms with Gasteiger partial charge in [0.2, 0.25) is 0 Å². The molecule has 3 N–H and O–H groups in total. The molecule has 3 heteroatoms. The third kappa shape index (κ3) is 1.13. The van der Waals surface area contributed by atoms with Crippen molar-refractivity contribution in [1.29, 1.82) is 0 Å². The Balaban J connectivity index is 2.69. The normalized spacial score (nSPS) is 10.6. The molecule has 0 fully saturated rings. The number of fused-ring (bicyclic) bond motifs is 1. The summed E-state index contributed by atoms with van der Waals surface area (Å²) in [7, 11) is 0. The molecule has 0 atom stereocenters. The Bertz CT molecular complexity index is 334. The van der Waals surface area contributed by atoms with Gasteiger partial charge in [-0.05, 0) is 12.1 Å². The van der Waals surface area contributed by atoms with Crippen LogP contribution in [0, 0.1) is 0 Å². The van der Waals surface area contributed by atoms with Crippen LogP contribution in [0.15, 0.2) is 24.3 Å². The van der Waals surface area contributed by atoms with Gasteiger partial charge in [0.05, 0.1) is 10.2 Å². The van der Waals surface area contributed by atoms with Gasteiger partial charge in [-0.25, -0.2) is 4.98 Å². The lowest BCUT2D eigenvalue weighted by Crippen LogP contribution is -2.47. The predicted molar refractivity (Wildman–Crippen MR) is 46.2 cm³/mol. The molecule has 0 unspecified atom stereocenters. The van der Waals surface area contributed by atoms with E-state index in [9.17, 15) is 0 Å². The first-order valence-electron chi connectivity index (χ1n) is 3.54. The van der Waals surface area contributed by atoms with Crippen molar-refractivity contribution >= 4 is 21.6 Å². The summed E-state index contributed by atoms with van der Waals surface area (Å²) in [6.45, 7) is 0.791. The second-order valence-electron chi connectivity index (χ2n) is 2.33. The van der Waals surface area contributed by atoms with Crippen LogP contribution in [-0.4, -0.2) is 4.98 Å². The molecule has 2 aromatic rings. The van der Waals surface area contributed by atoms with Gasteiger partial charge in [-0.15, -0.1) is 11.3 Å². The lowest BCUT2D eigenvalue weighted by Gasteiger charge is -1.80. The average molecular weight is 165 g/mol. The zero-order valence-corrected chi connectivity index (χ0v) is 6.90. The molecule has 0 amide bonds. The molecule has 0 bridgehead atoms. The largest absolute Gasteiger partial charge is 0.352 e. The Kier molecular flexibility index (Phi) is 1.60. The molecule has 0 aliphatic carbocycles. The van der Waals surface area contributed by atoms with Crippen LogP contribution in [0.2, 0.25) is 0 Å². The highest BCUT2D eigenvalue weighted by Gasteiger charge is 2.00. The molecular formula is C8H9N2S+. The van der Waals surface area contributed by atoms with Gasteiger partial charge in [0.1, 0.15) is 11.6 Å². The summed E-state index contributed by atoms with van der Waals surface area (Å²) in [5.41, 5.74) is 4.89. The van der Waals surface area contributed by atoms with Crippen LogP contribution in [0.5, 0.6) is 0 Å². The lowest BCUT2D eigenvalue weighted by molar-refractivity contribution is -0.386. The third-order valence-electron chi connectivity index (χ3n) is 1.55. The molecule has 2 rings (SSSR count).